The number of benzene rings is 2. The van der Waals surface area contributed by atoms with Crippen LogP contribution in [0.4, 0.5) is 0 Å². The Morgan fingerprint density at radius 3 is 2.59 bits per heavy atom. The lowest BCUT2D eigenvalue weighted by atomic mass is 9.99. The van der Waals surface area contributed by atoms with Gasteiger partial charge in [-0.05, 0) is 59.9 Å². The lowest BCUT2D eigenvalue weighted by Gasteiger charge is -2.29. The van der Waals surface area contributed by atoms with Crippen molar-refractivity contribution in [2.45, 2.75) is 36.5 Å². The zero-order chi connectivity index (χ0) is 22.2. The Balaban J connectivity index is 1.17. The fraction of sp³-hybridized carbons (Fsp3) is 0.269. The predicted molar refractivity (Wildman–Crippen MR) is 127 cm³/mol. The van der Waals surface area contributed by atoms with Gasteiger partial charge in [0.2, 0.25) is 5.91 Å². The van der Waals surface area contributed by atoms with Crippen molar-refractivity contribution in [2.24, 2.45) is 0 Å². The molecule has 3 aromatic rings. The smallest absolute Gasteiger partial charge is 0.251 e. The lowest BCUT2D eigenvalue weighted by Crippen LogP contribution is -2.36. The van der Waals surface area contributed by atoms with Crippen LogP contribution in [0.5, 0.6) is 0 Å². The number of fused-ring (bicyclic) bond motifs is 1. The molecule has 1 aromatic heterocycles. The number of rotatable bonds is 8. The first-order valence-corrected chi connectivity index (χ1v) is 11.9. The van der Waals surface area contributed by atoms with Crippen molar-refractivity contribution < 1.29 is 9.59 Å². The normalized spacial score (nSPS) is 12.8. The van der Waals surface area contributed by atoms with E-state index in [0.717, 1.165) is 23.6 Å². The van der Waals surface area contributed by atoms with E-state index in [4.69, 9.17) is 0 Å². The number of pyridine rings is 1. The Labute approximate surface area is 193 Å². The monoisotopic (exact) mass is 445 g/mol. The number of thioether (sulfide) groups is 1. The zero-order valence-electron chi connectivity index (χ0n) is 18.0. The predicted octanol–water partition coefficient (Wildman–Crippen LogP) is 4.47. The molecular formula is C26H27N3O2S. The van der Waals surface area contributed by atoms with Gasteiger partial charge in [0.1, 0.15) is 0 Å². The fourth-order valence-corrected chi connectivity index (χ4v) is 4.60. The summed E-state index contributed by atoms with van der Waals surface area (Å²) >= 11 is 1.71. The Bertz CT molecular complexity index is 1050. The number of nitrogens with zero attached hydrogens (tertiary/aromatic N) is 2. The molecule has 0 spiro atoms. The van der Waals surface area contributed by atoms with E-state index in [1.54, 1.807) is 18.0 Å². The number of carbonyl (C=O) groups excluding carboxylic acids is 2. The average Bonchev–Trinajstić information content (AvgIpc) is 2.85. The number of hydrogen-bond acceptors (Lipinski definition) is 4. The van der Waals surface area contributed by atoms with E-state index in [-0.39, 0.29) is 11.8 Å². The number of hydrogen-bond donors (Lipinski definition) is 1. The Morgan fingerprint density at radius 1 is 1.00 bits per heavy atom. The van der Waals surface area contributed by atoms with Crippen LogP contribution in [0.3, 0.4) is 0 Å². The largest absolute Gasteiger partial charge is 0.352 e. The van der Waals surface area contributed by atoms with Crippen molar-refractivity contribution in [1.29, 1.82) is 0 Å². The molecule has 0 radical (unpaired) electrons. The van der Waals surface area contributed by atoms with Crippen molar-refractivity contribution >= 4 is 23.6 Å². The Kier molecular flexibility index (Phi) is 7.56. The lowest BCUT2D eigenvalue weighted by molar-refractivity contribution is -0.132. The van der Waals surface area contributed by atoms with Crippen LogP contribution >= 0.6 is 11.8 Å². The van der Waals surface area contributed by atoms with Gasteiger partial charge in [-0.1, -0.05) is 30.3 Å². The van der Waals surface area contributed by atoms with Gasteiger partial charge in [-0.2, -0.15) is 0 Å². The Hall–Kier alpha value is -3.12. The van der Waals surface area contributed by atoms with Gasteiger partial charge in [0.25, 0.3) is 5.91 Å². The van der Waals surface area contributed by atoms with E-state index in [0.29, 0.717) is 31.5 Å². The third-order valence-electron chi connectivity index (χ3n) is 5.58. The molecular weight excluding hydrogens is 418 g/mol. The summed E-state index contributed by atoms with van der Waals surface area (Å²) in [7, 11) is 0. The van der Waals surface area contributed by atoms with Crippen molar-refractivity contribution in [3.8, 4) is 0 Å². The summed E-state index contributed by atoms with van der Waals surface area (Å²) in [5.74, 6) is 0.896. The van der Waals surface area contributed by atoms with Crippen molar-refractivity contribution in [2.75, 3.05) is 13.1 Å². The summed E-state index contributed by atoms with van der Waals surface area (Å²) in [5.41, 5.74) is 4.38. The third-order valence-corrected chi connectivity index (χ3v) is 6.66. The first kappa shape index (κ1) is 22.1. The summed E-state index contributed by atoms with van der Waals surface area (Å²) in [4.78, 5) is 32.1. The van der Waals surface area contributed by atoms with E-state index in [1.165, 1.54) is 16.7 Å². The van der Waals surface area contributed by atoms with E-state index in [2.05, 4.69) is 28.5 Å². The Morgan fingerprint density at radius 2 is 1.81 bits per heavy atom. The van der Waals surface area contributed by atoms with Crippen molar-refractivity contribution in [3.05, 3.63) is 95.3 Å². The fourth-order valence-electron chi connectivity index (χ4n) is 3.76. The van der Waals surface area contributed by atoms with Gasteiger partial charge in [0, 0.05) is 54.7 Å². The minimum absolute atomic E-state index is 0.104. The molecule has 0 saturated carbocycles. The van der Waals surface area contributed by atoms with Crippen LogP contribution in [-0.4, -0.2) is 34.8 Å². The average molecular weight is 446 g/mol. The first-order valence-electron chi connectivity index (χ1n) is 10.9. The summed E-state index contributed by atoms with van der Waals surface area (Å²) in [5, 5.41) is 2.93. The van der Waals surface area contributed by atoms with Crippen LogP contribution in [0.15, 0.2) is 78.0 Å². The van der Waals surface area contributed by atoms with Gasteiger partial charge in [0.05, 0.1) is 0 Å². The molecule has 2 amide bonds. The highest BCUT2D eigenvalue weighted by molar-refractivity contribution is 7.98. The summed E-state index contributed by atoms with van der Waals surface area (Å²) in [6.07, 6.45) is 5.64. The molecule has 0 saturated heterocycles. The number of nitrogens with one attached hydrogen (secondary N) is 1. The van der Waals surface area contributed by atoms with Crippen LogP contribution in [0.2, 0.25) is 0 Å². The van der Waals surface area contributed by atoms with Gasteiger partial charge in [-0.3, -0.25) is 14.6 Å². The van der Waals surface area contributed by atoms with Crippen molar-refractivity contribution in [1.82, 2.24) is 15.2 Å². The highest BCUT2D eigenvalue weighted by Crippen LogP contribution is 2.23. The standard InChI is InChI=1S/C26H27N3O2S/c30-25(29-16-13-21-6-1-2-7-23(21)18-29)8-4-15-28-26(31)22-9-11-24(12-10-22)32-19-20-5-3-14-27-17-20/h1-3,5-7,9-12,14,17H,4,8,13,15-16,18-19H2,(H,28,31). The van der Waals surface area contributed by atoms with Gasteiger partial charge >= 0.3 is 0 Å². The summed E-state index contributed by atoms with van der Waals surface area (Å²) in [6.45, 7) is 1.95. The second-order valence-corrected chi connectivity index (χ2v) is 8.92. The SMILES string of the molecule is O=C(NCCCC(=O)N1CCc2ccccc2C1)c1ccc(SCc2cccnc2)cc1. The van der Waals surface area contributed by atoms with Gasteiger partial charge in [-0.25, -0.2) is 0 Å². The number of amides is 2. The highest BCUT2D eigenvalue weighted by atomic mass is 32.2. The van der Waals surface area contributed by atoms with Gasteiger partial charge < -0.3 is 10.2 Å². The molecule has 32 heavy (non-hydrogen) atoms. The molecule has 2 aromatic carbocycles. The van der Waals surface area contributed by atoms with Crippen LogP contribution in [0, 0.1) is 0 Å². The minimum atomic E-state index is -0.104. The molecule has 1 aliphatic heterocycles. The molecule has 0 atom stereocenters. The molecule has 6 heteroatoms. The second kappa shape index (κ2) is 11.0. The molecule has 0 unspecified atom stereocenters. The molecule has 1 N–H and O–H groups in total. The molecule has 0 fully saturated rings. The van der Waals surface area contributed by atoms with Crippen LogP contribution in [-0.2, 0) is 23.5 Å². The topological polar surface area (TPSA) is 62.3 Å². The molecule has 2 heterocycles. The molecule has 5 nitrogen and oxygen atoms in total. The first-order chi connectivity index (χ1) is 15.7. The number of carbonyl (C=O) groups is 2. The molecule has 4 rings (SSSR count). The zero-order valence-corrected chi connectivity index (χ0v) is 18.8. The van der Waals surface area contributed by atoms with E-state index < -0.39 is 0 Å². The van der Waals surface area contributed by atoms with Gasteiger partial charge in [-0.15, -0.1) is 11.8 Å². The van der Waals surface area contributed by atoms with Crippen LogP contribution in [0.1, 0.15) is 39.9 Å². The van der Waals surface area contributed by atoms with Crippen molar-refractivity contribution in [3.63, 3.8) is 0 Å². The highest BCUT2D eigenvalue weighted by Gasteiger charge is 2.19. The maximum absolute atomic E-state index is 12.5. The quantitative estimate of drug-likeness (QED) is 0.411. The maximum Gasteiger partial charge on any atom is 0.251 e. The molecule has 0 aliphatic carbocycles. The van der Waals surface area contributed by atoms with E-state index >= 15 is 0 Å². The summed E-state index contributed by atoms with van der Waals surface area (Å²) in [6, 6.07) is 19.9. The number of aromatic nitrogens is 1. The van der Waals surface area contributed by atoms with E-state index in [1.807, 2.05) is 53.6 Å². The molecule has 1 aliphatic rings. The summed E-state index contributed by atoms with van der Waals surface area (Å²) < 4.78 is 0. The van der Waals surface area contributed by atoms with Crippen LogP contribution in [0.25, 0.3) is 0 Å². The van der Waals surface area contributed by atoms with Crippen LogP contribution < -0.4 is 5.32 Å². The minimum Gasteiger partial charge on any atom is -0.352 e. The molecule has 164 valence electrons. The van der Waals surface area contributed by atoms with Gasteiger partial charge in [0.15, 0.2) is 0 Å². The second-order valence-electron chi connectivity index (χ2n) is 7.87. The maximum atomic E-state index is 12.5. The van der Waals surface area contributed by atoms with E-state index in [9.17, 15) is 9.59 Å². The molecule has 0 bridgehead atoms. The third kappa shape index (κ3) is 5.98.